The molecular formula is C19H21NO4S. The number of nitrogens with zero attached hydrogens (tertiary/aromatic N) is 1. The van der Waals surface area contributed by atoms with Gasteiger partial charge in [0.05, 0.1) is 17.5 Å². The van der Waals surface area contributed by atoms with Crippen LogP contribution in [0.3, 0.4) is 0 Å². The van der Waals surface area contributed by atoms with Gasteiger partial charge < -0.3 is 4.74 Å². The monoisotopic (exact) mass is 359 g/mol. The molecule has 2 aromatic carbocycles. The van der Waals surface area contributed by atoms with Gasteiger partial charge in [0.25, 0.3) is 0 Å². The number of carbonyl (C=O) groups is 1. The van der Waals surface area contributed by atoms with Crippen molar-refractivity contribution in [2.75, 3.05) is 6.61 Å². The molecule has 0 spiro atoms. The summed E-state index contributed by atoms with van der Waals surface area (Å²) in [5, 5.41) is 0. The average molecular weight is 359 g/mol. The maximum atomic E-state index is 13.1. The van der Waals surface area contributed by atoms with Crippen LogP contribution in [0.2, 0.25) is 0 Å². The number of rotatable bonds is 5. The van der Waals surface area contributed by atoms with Gasteiger partial charge in [-0.2, -0.15) is 4.31 Å². The third-order valence-corrected chi connectivity index (χ3v) is 6.33. The molecule has 1 aliphatic rings. The largest absolute Gasteiger partial charge is 0.465 e. The zero-order valence-electron chi connectivity index (χ0n) is 14.3. The number of hydrogen-bond donors (Lipinski definition) is 0. The van der Waals surface area contributed by atoms with E-state index in [0.717, 1.165) is 11.1 Å². The van der Waals surface area contributed by atoms with Crippen molar-refractivity contribution < 1.29 is 17.9 Å². The molecule has 2 aromatic rings. The fraction of sp³-hybridized carbons (Fsp3) is 0.316. The molecular weight excluding hydrogens is 338 g/mol. The Morgan fingerprint density at radius 3 is 2.36 bits per heavy atom. The SMILES string of the molecule is CCOC(=O)[C@H]1C[C@@H](c2ccccc2)N1S(=O)(=O)c1ccc(C)cc1. The summed E-state index contributed by atoms with van der Waals surface area (Å²) in [5.41, 5.74) is 1.85. The van der Waals surface area contributed by atoms with Crippen LogP contribution in [0.25, 0.3) is 0 Å². The Labute approximate surface area is 148 Å². The number of esters is 1. The minimum absolute atomic E-state index is 0.188. The Morgan fingerprint density at radius 2 is 1.76 bits per heavy atom. The Hall–Kier alpha value is -2.18. The number of benzene rings is 2. The van der Waals surface area contributed by atoms with E-state index in [4.69, 9.17) is 4.74 Å². The zero-order chi connectivity index (χ0) is 18.0. The van der Waals surface area contributed by atoms with E-state index in [1.54, 1.807) is 31.2 Å². The highest BCUT2D eigenvalue weighted by atomic mass is 32.2. The van der Waals surface area contributed by atoms with Crippen molar-refractivity contribution in [2.45, 2.75) is 37.2 Å². The van der Waals surface area contributed by atoms with Crippen LogP contribution in [0.4, 0.5) is 0 Å². The highest BCUT2D eigenvalue weighted by Gasteiger charge is 2.51. The quantitative estimate of drug-likeness (QED) is 0.770. The first-order valence-electron chi connectivity index (χ1n) is 8.27. The van der Waals surface area contributed by atoms with Crippen molar-refractivity contribution in [3.63, 3.8) is 0 Å². The molecule has 6 heteroatoms. The van der Waals surface area contributed by atoms with Crippen molar-refractivity contribution in [3.8, 4) is 0 Å². The first-order chi connectivity index (χ1) is 11.9. The van der Waals surface area contributed by atoms with Crippen LogP contribution < -0.4 is 0 Å². The first-order valence-corrected chi connectivity index (χ1v) is 9.71. The summed E-state index contributed by atoms with van der Waals surface area (Å²) in [6.07, 6.45) is 0.425. The summed E-state index contributed by atoms with van der Waals surface area (Å²) >= 11 is 0. The molecule has 0 N–H and O–H groups in total. The minimum Gasteiger partial charge on any atom is -0.465 e. The predicted octanol–water partition coefficient (Wildman–Crippen LogP) is 3.06. The fourth-order valence-corrected chi connectivity index (χ4v) is 4.84. The molecule has 25 heavy (non-hydrogen) atoms. The fourth-order valence-electron chi connectivity index (χ4n) is 3.06. The molecule has 5 nitrogen and oxygen atoms in total. The van der Waals surface area contributed by atoms with Crippen molar-refractivity contribution in [1.82, 2.24) is 4.31 Å². The molecule has 1 aliphatic heterocycles. The zero-order valence-corrected chi connectivity index (χ0v) is 15.1. The highest BCUT2D eigenvalue weighted by molar-refractivity contribution is 7.89. The van der Waals surface area contributed by atoms with Gasteiger partial charge in [0.2, 0.25) is 10.0 Å². The number of sulfonamides is 1. The third kappa shape index (κ3) is 3.32. The summed E-state index contributed by atoms with van der Waals surface area (Å²) in [6.45, 7) is 3.84. The molecule has 0 amide bonds. The van der Waals surface area contributed by atoms with Crippen molar-refractivity contribution in [1.29, 1.82) is 0 Å². The number of ether oxygens (including phenoxy) is 1. The van der Waals surface area contributed by atoms with Gasteiger partial charge in [0.15, 0.2) is 0 Å². The smallest absolute Gasteiger partial charge is 0.324 e. The predicted molar refractivity (Wildman–Crippen MR) is 94.4 cm³/mol. The summed E-state index contributed by atoms with van der Waals surface area (Å²) in [7, 11) is -3.80. The lowest BCUT2D eigenvalue weighted by Crippen LogP contribution is -2.57. The van der Waals surface area contributed by atoms with Gasteiger partial charge in [-0.3, -0.25) is 4.79 Å². The van der Waals surface area contributed by atoms with E-state index in [2.05, 4.69) is 0 Å². The molecule has 2 atom stereocenters. The van der Waals surface area contributed by atoms with Crippen LogP contribution in [0.1, 0.15) is 30.5 Å². The van der Waals surface area contributed by atoms with E-state index < -0.39 is 22.0 Å². The Morgan fingerprint density at radius 1 is 1.12 bits per heavy atom. The minimum atomic E-state index is -3.80. The van der Waals surface area contributed by atoms with E-state index in [1.165, 1.54) is 4.31 Å². The van der Waals surface area contributed by atoms with Gasteiger partial charge in [-0.1, -0.05) is 48.0 Å². The molecule has 0 unspecified atom stereocenters. The Bertz CT molecular complexity index is 847. The van der Waals surface area contributed by atoms with E-state index >= 15 is 0 Å². The maximum absolute atomic E-state index is 13.1. The van der Waals surface area contributed by atoms with Gasteiger partial charge in [-0.25, -0.2) is 8.42 Å². The van der Waals surface area contributed by atoms with Gasteiger partial charge in [0, 0.05) is 0 Å². The molecule has 1 saturated heterocycles. The number of carbonyl (C=O) groups excluding carboxylic acids is 1. The molecule has 0 aliphatic carbocycles. The van der Waals surface area contributed by atoms with Crippen LogP contribution in [0.15, 0.2) is 59.5 Å². The first kappa shape index (κ1) is 17.6. The van der Waals surface area contributed by atoms with E-state index in [1.807, 2.05) is 37.3 Å². The second kappa shape index (κ2) is 6.98. The molecule has 1 heterocycles. The lowest BCUT2D eigenvalue weighted by molar-refractivity contribution is -0.153. The van der Waals surface area contributed by atoms with Crippen LogP contribution >= 0.6 is 0 Å². The van der Waals surface area contributed by atoms with Crippen LogP contribution in [0, 0.1) is 6.92 Å². The molecule has 132 valence electrons. The van der Waals surface area contributed by atoms with Crippen molar-refractivity contribution in [3.05, 3.63) is 65.7 Å². The second-order valence-corrected chi connectivity index (χ2v) is 7.92. The number of aryl methyl sites for hydroxylation is 1. The Kier molecular flexibility index (Phi) is 4.92. The van der Waals surface area contributed by atoms with Gasteiger partial charge in [-0.05, 0) is 38.0 Å². The van der Waals surface area contributed by atoms with E-state index in [-0.39, 0.29) is 17.5 Å². The lowest BCUT2D eigenvalue weighted by Gasteiger charge is -2.45. The topological polar surface area (TPSA) is 63.7 Å². The van der Waals surface area contributed by atoms with E-state index in [9.17, 15) is 13.2 Å². The molecule has 0 bridgehead atoms. The molecule has 3 rings (SSSR count). The van der Waals surface area contributed by atoms with Crippen molar-refractivity contribution in [2.24, 2.45) is 0 Å². The lowest BCUT2D eigenvalue weighted by atomic mass is 9.91. The molecule has 0 aromatic heterocycles. The van der Waals surface area contributed by atoms with Crippen LogP contribution in [-0.2, 0) is 19.6 Å². The summed E-state index contributed by atoms with van der Waals surface area (Å²) in [5.74, 6) is -0.495. The average Bonchev–Trinajstić information content (AvgIpc) is 2.55. The molecule has 0 saturated carbocycles. The maximum Gasteiger partial charge on any atom is 0.324 e. The normalized spacial score (nSPS) is 20.7. The van der Waals surface area contributed by atoms with Crippen LogP contribution in [-0.4, -0.2) is 31.3 Å². The van der Waals surface area contributed by atoms with Gasteiger partial charge in [0.1, 0.15) is 6.04 Å². The van der Waals surface area contributed by atoms with Gasteiger partial charge in [-0.15, -0.1) is 0 Å². The van der Waals surface area contributed by atoms with Crippen LogP contribution in [0.5, 0.6) is 0 Å². The summed E-state index contributed by atoms with van der Waals surface area (Å²) < 4.78 is 32.6. The number of hydrogen-bond acceptors (Lipinski definition) is 4. The Balaban J connectivity index is 1.98. The highest BCUT2D eigenvalue weighted by Crippen LogP contribution is 2.43. The molecule has 0 radical (unpaired) electrons. The summed E-state index contributed by atoms with van der Waals surface area (Å²) in [4.78, 5) is 12.4. The van der Waals surface area contributed by atoms with Crippen molar-refractivity contribution >= 4 is 16.0 Å². The third-order valence-electron chi connectivity index (χ3n) is 4.40. The standard InChI is InChI=1S/C19H21NO4S/c1-3-24-19(21)18-13-17(15-7-5-4-6-8-15)20(18)25(22,23)16-11-9-14(2)10-12-16/h4-12,17-18H,3,13H2,1-2H3/t17-,18+/m0/s1. The summed E-state index contributed by atoms with van der Waals surface area (Å²) in [6, 6.07) is 14.9. The second-order valence-electron chi connectivity index (χ2n) is 6.08. The molecule has 1 fully saturated rings. The van der Waals surface area contributed by atoms with Gasteiger partial charge >= 0.3 is 5.97 Å². The van der Waals surface area contributed by atoms with E-state index in [0.29, 0.717) is 6.42 Å².